The third-order valence-electron chi connectivity index (χ3n) is 2.15. The molecule has 0 atom stereocenters. The maximum absolute atomic E-state index is 11.1. The average Bonchev–Trinajstić information content (AvgIpc) is 2.67. The molecular formula is C7H12N2O. The van der Waals surface area contributed by atoms with E-state index in [2.05, 4.69) is 5.32 Å². The maximum atomic E-state index is 11.1. The van der Waals surface area contributed by atoms with E-state index in [9.17, 15) is 4.79 Å². The standard InChI is InChI=1S/C7H12N2O/c8-7(3-4-7)6(10)9-5-1-2-5/h5H,1-4,8H2,(H,9,10). The number of amides is 1. The molecule has 0 bridgehead atoms. The molecule has 0 saturated heterocycles. The van der Waals surface area contributed by atoms with E-state index in [0.29, 0.717) is 6.04 Å². The first-order chi connectivity index (χ1) is 4.71. The maximum Gasteiger partial charge on any atom is 0.240 e. The van der Waals surface area contributed by atoms with Gasteiger partial charge in [0.1, 0.15) is 0 Å². The Morgan fingerprint density at radius 3 is 2.50 bits per heavy atom. The Kier molecular flexibility index (Phi) is 1.06. The molecule has 0 radical (unpaired) electrons. The molecule has 2 aliphatic carbocycles. The fourth-order valence-electron chi connectivity index (χ4n) is 0.919. The Balaban J connectivity index is 1.85. The summed E-state index contributed by atoms with van der Waals surface area (Å²) >= 11 is 0. The molecule has 2 saturated carbocycles. The van der Waals surface area contributed by atoms with Gasteiger partial charge in [-0.1, -0.05) is 0 Å². The molecule has 3 nitrogen and oxygen atoms in total. The van der Waals surface area contributed by atoms with Crippen LogP contribution in [0.5, 0.6) is 0 Å². The minimum atomic E-state index is -0.470. The van der Waals surface area contributed by atoms with Gasteiger partial charge in [-0.2, -0.15) is 0 Å². The van der Waals surface area contributed by atoms with Crippen LogP contribution in [0, 0.1) is 0 Å². The zero-order valence-corrected chi connectivity index (χ0v) is 5.89. The molecule has 0 spiro atoms. The second-order valence-corrected chi connectivity index (χ2v) is 3.40. The minimum absolute atomic E-state index is 0.0648. The topological polar surface area (TPSA) is 55.1 Å². The SMILES string of the molecule is NC1(C(=O)NC2CC2)CC1. The molecule has 0 aromatic heterocycles. The zero-order valence-electron chi connectivity index (χ0n) is 5.89. The lowest BCUT2D eigenvalue weighted by molar-refractivity contribution is -0.123. The quantitative estimate of drug-likeness (QED) is 0.556. The second kappa shape index (κ2) is 1.72. The first kappa shape index (κ1) is 6.16. The molecule has 10 heavy (non-hydrogen) atoms. The molecule has 0 aliphatic heterocycles. The van der Waals surface area contributed by atoms with Gasteiger partial charge in [-0.3, -0.25) is 4.79 Å². The lowest BCUT2D eigenvalue weighted by Gasteiger charge is -2.07. The van der Waals surface area contributed by atoms with Gasteiger partial charge in [0.2, 0.25) is 5.91 Å². The second-order valence-electron chi connectivity index (χ2n) is 3.40. The van der Waals surface area contributed by atoms with Crippen LogP contribution in [0.15, 0.2) is 0 Å². The van der Waals surface area contributed by atoms with Gasteiger partial charge in [-0.15, -0.1) is 0 Å². The number of carbonyl (C=O) groups is 1. The number of hydrogen-bond donors (Lipinski definition) is 2. The van der Waals surface area contributed by atoms with Crippen molar-refractivity contribution >= 4 is 5.91 Å². The van der Waals surface area contributed by atoms with Crippen molar-refractivity contribution in [3.63, 3.8) is 0 Å². The Bertz CT molecular complexity index is 170. The number of nitrogens with two attached hydrogens (primary N) is 1. The summed E-state index contributed by atoms with van der Waals surface area (Å²) in [6.45, 7) is 0. The molecule has 0 aromatic rings. The number of nitrogens with one attached hydrogen (secondary N) is 1. The summed E-state index contributed by atoms with van der Waals surface area (Å²) in [6, 6.07) is 0.452. The van der Waals surface area contributed by atoms with E-state index in [0.717, 1.165) is 25.7 Å². The highest BCUT2D eigenvalue weighted by Crippen LogP contribution is 2.33. The van der Waals surface area contributed by atoms with Crippen molar-refractivity contribution in [2.45, 2.75) is 37.3 Å². The lowest BCUT2D eigenvalue weighted by Crippen LogP contribution is -2.43. The molecular weight excluding hydrogens is 128 g/mol. The molecule has 0 aromatic carbocycles. The van der Waals surface area contributed by atoms with Crippen LogP contribution in [0.25, 0.3) is 0 Å². The fourth-order valence-corrected chi connectivity index (χ4v) is 0.919. The van der Waals surface area contributed by atoms with Crippen molar-refractivity contribution in [1.29, 1.82) is 0 Å². The van der Waals surface area contributed by atoms with Crippen molar-refractivity contribution in [3.8, 4) is 0 Å². The summed E-state index contributed by atoms with van der Waals surface area (Å²) in [5.41, 5.74) is 5.18. The average molecular weight is 140 g/mol. The summed E-state index contributed by atoms with van der Waals surface area (Å²) in [5.74, 6) is 0.0648. The first-order valence-corrected chi connectivity index (χ1v) is 3.81. The zero-order chi connectivity index (χ0) is 7.19. The number of rotatable bonds is 2. The van der Waals surface area contributed by atoms with Crippen LogP contribution in [0.4, 0.5) is 0 Å². The largest absolute Gasteiger partial charge is 0.352 e. The highest BCUT2D eigenvalue weighted by Gasteiger charge is 2.47. The third kappa shape index (κ3) is 1.01. The predicted octanol–water partition coefficient (Wildman–Crippen LogP) is -0.244. The molecule has 2 aliphatic rings. The van der Waals surface area contributed by atoms with E-state index >= 15 is 0 Å². The molecule has 2 fully saturated rings. The van der Waals surface area contributed by atoms with E-state index in [1.807, 2.05) is 0 Å². The molecule has 56 valence electrons. The van der Waals surface area contributed by atoms with Gasteiger partial charge in [0.05, 0.1) is 5.54 Å². The molecule has 0 unspecified atom stereocenters. The summed E-state index contributed by atoms with van der Waals surface area (Å²) in [7, 11) is 0. The van der Waals surface area contributed by atoms with Crippen molar-refractivity contribution in [2.75, 3.05) is 0 Å². The smallest absolute Gasteiger partial charge is 0.240 e. The summed E-state index contributed by atoms with van der Waals surface area (Å²) in [4.78, 5) is 11.1. The Hall–Kier alpha value is -0.570. The van der Waals surface area contributed by atoms with E-state index < -0.39 is 5.54 Å². The molecule has 1 amide bonds. The first-order valence-electron chi connectivity index (χ1n) is 3.81. The van der Waals surface area contributed by atoms with E-state index in [4.69, 9.17) is 5.73 Å². The van der Waals surface area contributed by atoms with Crippen LogP contribution in [-0.4, -0.2) is 17.5 Å². The lowest BCUT2D eigenvalue weighted by atomic mass is 10.3. The van der Waals surface area contributed by atoms with E-state index in [1.165, 1.54) is 0 Å². The van der Waals surface area contributed by atoms with Gasteiger partial charge in [0.25, 0.3) is 0 Å². The molecule has 3 N–H and O–H groups in total. The molecule has 2 rings (SSSR count). The van der Waals surface area contributed by atoms with Crippen LogP contribution < -0.4 is 11.1 Å². The molecule has 3 heteroatoms. The summed E-state index contributed by atoms with van der Waals surface area (Å²) in [5, 5.41) is 2.89. The Labute approximate surface area is 60.0 Å². The van der Waals surface area contributed by atoms with Gasteiger partial charge in [-0.25, -0.2) is 0 Å². The normalized spacial score (nSPS) is 27.7. The Morgan fingerprint density at radius 1 is 1.50 bits per heavy atom. The summed E-state index contributed by atoms with van der Waals surface area (Å²) < 4.78 is 0. The third-order valence-corrected chi connectivity index (χ3v) is 2.15. The fraction of sp³-hybridized carbons (Fsp3) is 0.857. The van der Waals surface area contributed by atoms with Crippen LogP contribution in [-0.2, 0) is 4.79 Å². The number of hydrogen-bond acceptors (Lipinski definition) is 2. The predicted molar refractivity (Wildman–Crippen MR) is 37.3 cm³/mol. The van der Waals surface area contributed by atoms with Gasteiger partial charge in [0.15, 0.2) is 0 Å². The van der Waals surface area contributed by atoms with Crippen LogP contribution in [0.3, 0.4) is 0 Å². The van der Waals surface area contributed by atoms with E-state index in [-0.39, 0.29) is 5.91 Å². The van der Waals surface area contributed by atoms with Crippen LogP contribution in [0.1, 0.15) is 25.7 Å². The summed E-state index contributed by atoms with van der Waals surface area (Å²) in [6.07, 6.45) is 4.01. The highest BCUT2D eigenvalue weighted by atomic mass is 16.2. The highest BCUT2D eigenvalue weighted by molar-refractivity contribution is 5.89. The van der Waals surface area contributed by atoms with Crippen molar-refractivity contribution < 1.29 is 4.79 Å². The monoisotopic (exact) mass is 140 g/mol. The van der Waals surface area contributed by atoms with E-state index in [1.54, 1.807) is 0 Å². The van der Waals surface area contributed by atoms with Crippen LogP contribution >= 0.6 is 0 Å². The van der Waals surface area contributed by atoms with Gasteiger partial charge >= 0.3 is 0 Å². The Morgan fingerprint density at radius 2 is 2.10 bits per heavy atom. The van der Waals surface area contributed by atoms with Crippen molar-refractivity contribution in [2.24, 2.45) is 5.73 Å². The minimum Gasteiger partial charge on any atom is -0.352 e. The van der Waals surface area contributed by atoms with Crippen molar-refractivity contribution in [1.82, 2.24) is 5.32 Å². The van der Waals surface area contributed by atoms with Crippen LogP contribution in [0.2, 0.25) is 0 Å². The van der Waals surface area contributed by atoms with Gasteiger partial charge < -0.3 is 11.1 Å². The number of carbonyl (C=O) groups excluding carboxylic acids is 1. The van der Waals surface area contributed by atoms with Crippen molar-refractivity contribution in [3.05, 3.63) is 0 Å². The van der Waals surface area contributed by atoms with Gasteiger partial charge in [-0.05, 0) is 25.7 Å². The molecule has 0 heterocycles. The van der Waals surface area contributed by atoms with Gasteiger partial charge in [0, 0.05) is 6.04 Å².